The van der Waals surface area contributed by atoms with Crippen LogP contribution in [0.3, 0.4) is 0 Å². The van der Waals surface area contributed by atoms with E-state index in [1.54, 1.807) is 0 Å². The smallest absolute Gasteiger partial charge is 0.397 e. The Labute approximate surface area is 355 Å². The minimum atomic E-state index is -5.08. The van der Waals surface area contributed by atoms with Crippen molar-refractivity contribution in [3.8, 4) is 0 Å². The van der Waals surface area contributed by atoms with Gasteiger partial charge in [0.1, 0.15) is 30.5 Å². The summed E-state index contributed by atoms with van der Waals surface area (Å²) in [5, 5.41) is 30.6. The number of rotatable bonds is 36. The quantitative estimate of drug-likeness (QED) is 0.0204. The average Bonchev–Trinajstić information content (AvgIpc) is 3.20. The number of esters is 1. The summed E-state index contributed by atoms with van der Waals surface area (Å²) >= 11 is 0. The predicted molar refractivity (Wildman–Crippen MR) is 234 cm³/mol. The molecule has 1 heterocycles. The summed E-state index contributed by atoms with van der Waals surface area (Å²) in [4.78, 5) is 12.8. The lowest BCUT2D eigenvalue weighted by Crippen LogP contribution is -2.60. The number of ether oxygens (including phenoxy) is 4. The third kappa shape index (κ3) is 30.9. The number of unbranched alkanes of at least 4 members (excludes halogenated alkanes) is 9. The van der Waals surface area contributed by atoms with Crippen molar-refractivity contribution in [3.05, 3.63) is 85.1 Å². The van der Waals surface area contributed by atoms with Crippen LogP contribution in [-0.2, 0) is 38.3 Å². The molecule has 0 saturated carbocycles. The van der Waals surface area contributed by atoms with Gasteiger partial charge in [-0.3, -0.25) is 9.35 Å². The lowest BCUT2D eigenvalue weighted by molar-refractivity contribution is -0.301. The number of aliphatic hydroxyl groups is 3. The van der Waals surface area contributed by atoms with E-state index in [-0.39, 0.29) is 19.6 Å². The van der Waals surface area contributed by atoms with Crippen molar-refractivity contribution in [2.45, 2.75) is 173 Å². The van der Waals surface area contributed by atoms with Crippen LogP contribution in [0.5, 0.6) is 0 Å². The highest BCUT2D eigenvalue weighted by atomic mass is 32.3. The first-order valence-corrected chi connectivity index (χ1v) is 23.2. The fourth-order valence-electron chi connectivity index (χ4n) is 6.00. The third-order valence-electron chi connectivity index (χ3n) is 9.27. The second-order valence-electron chi connectivity index (χ2n) is 14.5. The van der Waals surface area contributed by atoms with E-state index in [4.69, 9.17) is 23.5 Å². The molecule has 13 heteroatoms. The standard InChI is InChI=1S/C46H76O12S/c1-3-5-7-9-11-13-15-17-19-21-23-25-27-29-31-33-35-42(48)56-40(39-55-46-44(50)45(58-59(51,52)53)43(49)41(37-47)57-46)38-54-36-34-32-30-28-26-24-22-20-18-16-14-12-10-8-6-4-2/h6,8,12-15,18-21,24,26,30,32,40-41,43-47,49-50H,3-5,7,9-11,16-17,22-23,25,27-29,31,33-39H2,1-2H3,(H,51,52,53)/b8-6-,14-12-,15-13-,20-18-,21-19-,26-24-,32-30-. The van der Waals surface area contributed by atoms with Crippen LogP contribution >= 0.6 is 0 Å². The second kappa shape index (κ2) is 37.1. The molecule has 0 aromatic rings. The van der Waals surface area contributed by atoms with Gasteiger partial charge in [0.25, 0.3) is 0 Å². The Balaban J connectivity index is 2.53. The fraction of sp³-hybridized carbons (Fsp3) is 0.674. The molecule has 12 nitrogen and oxygen atoms in total. The molecule has 0 aromatic carbocycles. The number of carbonyl (C=O) groups is 1. The lowest BCUT2D eigenvalue weighted by atomic mass is 9.99. The van der Waals surface area contributed by atoms with Gasteiger partial charge in [-0.05, 0) is 77.0 Å². The molecule has 6 atom stereocenters. The molecular weight excluding hydrogens is 777 g/mol. The van der Waals surface area contributed by atoms with Gasteiger partial charge in [0, 0.05) is 6.42 Å². The number of carbonyl (C=O) groups excluding carboxylic acids is 1. The highest BCUT2D eigenvalue weighted by Gasteiger charge is 2.48. The van der Waals surface area contributed by atoms with E-state index in [9.17, 15) is 28.5 Å². The van der Waals surface area contributed by atoms with Crippen molar-refractivity contribution in [2.75, 3.05) is 26.4 Å². The van der Waals surface area contributed by atoms with Crippen LogP contribution < -0.4 is 0 Å². The largest absolute Gasteiger partial charge is 0.457 e. The first kappa shape index (κ1) is 54.3. The van der Waals surface area contributed by atoms with Gasteiger partial charge in [0.2, 0.25) is 0 Å². The summed E-state index contributed by atoms with van der Waals surface area (Å²) in [7, 11) is -5.08. The van der Waals surface area contributed by atoms with Gasteiger partial charge in [-0.2, -0.15) is 8.42 Å². The number of aliphatic hydroxyl groups excluding tert-OH is 3. The molecule has 338 valence electrons. The lowest BCUT2D eigenvalue weighted by Gasteiger charge is -2.41. The zero-order valence-corrected chi connectivity index (χ0v) is 36.6. The van der Waals surface area contributed by atoms with Gasteiger partial charge >= 0.3 is 16.4 Å². The summed E-state index contributed by atoms with van der Waals surface area (Å²) in [6.45, 7) is 3.59. The maximum atomic E-state index is 12.8. The van der Waals surface area contributed by atoms with E-state index >= 15 is 0 Å². The van der Waals surface area contributed by atoms with Crippen LogP contribution in [0.15, 0.2) is 85.1 Å². The van der Waals surface area contributed by atoms with Crippen molar-refractivity contribution >= 4 is 16.4 Å². The predicted octanol–water partition coefficient (Wildman–Crippen LogP) is 8.90. The Hall–Kier alpha value is -2.72. The van der Waals surface area contributed by atoms with Gasteiger partial charge in [0.15, 0.2) is 6.29 Å². The van der Waals surface area contributed by atoms with Gasteiger partial charge in [-0.25, -0.2) is 4.18 Å². The van der Waals surface area contributed by atoms with Crippen molar-refractivity contribution in [1.82, 2.24) is 0 Å². The molecule has 0 aliphatic carbocycles. The molecule has 0 bridgehead atoms. The Morgan fingerprint density at radius 3 is 1.71 bits per heavy atom. The number of hydrogen-bond donors (Lipinski definition) is 4. The average molecular weight is 853 g/mol. The fourth-order valence-corrected chi connectivity index (χ4v) is 6.51. The zero-order chi connectivity index (χ0) is 43.2. The summed E-state index contributed by atoms with van der Waals surface area (Å²) < 4.78 is 58.8. The molecule has 1 aliphatic heterocycles. The van der Waals surface area contributed by atoms with E-state index in [0.29, 0.717) is 19.4 Å². The van der Waals surface area contributed by atoms with E-state index in [1.165, 1.54) is 25.7 Å². The highest BCUT2D eigenvalue weighted by molar-refractivity contribution is 7.80. The molecule has 1 aliphatic rings. The van der Waals surface area contributed by atoms with Crippen molar-refractivity contribution in [1.29, 1.82) is 0 Å². The van der Waals surface area contributed by atoms with Crippen molar-refractivity contribution in [3.63, 3.8) is 0 Å². The Morgan fingerprint density at radius 1 is 0.661 bits per heavy atom. The molecule has 1 saturated heterocycles. The molecule has 1 fully saturated rings. The normalized spacial score (nSPS) is 21.2. The Bertz CT molecular complexity index is 1350. The summed E-state index contributed by atoms with van der Waals surface area (Å²) in [6, 6.07) is 0. The minimum Gasteiger partial charge on any atom is -0.457 e. The second-order valence-corrected chi connectivity index (χ2v) is 15.6. The molecule has 0 amide bonds. The minimum absolute atomic E-state index is 0.0292. The van der Waals surface area contributed by atoms with Gasteiger partial charge in [0.05, 0.1) is 26.4 Å². The molecule has 0 spiro atoms. The monoisotopic (exact) mass is 853 g/mol. The van der Waals surface area contributed by atoms with Crippen LogP contribution in [0, 0.1) is 0 Å². The molecule has 6 unspecified atom stereocenters. The summed E-state index contributed by atoms with van der Waals surface area (Å²) in [5.74, 6) is -0.442. The van der Waals surface area contributed by atoms with Crippen LogP contribution in [0.25, 0.3) is 0 Å². The van der Waals surface area contributed by atoms with Gasteiger partial charge in [-0.15, -0.1) is 0 Å². The first-order chi connectivity index (χ1) is 28.6. The summed E-state index contributed by atoms with van der Waals surface area (Å²) in [5.41, 5.74) is 0. The molecule has 4 N–H and O–H groups in total. The molecule has 59 heavy (non-hydrogen) atoms. The van der Waals surface area contributed by atoms with Crippen LogP contribution in [0.2, 0.25) is 0 Å². The van der Waals surface area contributed by atoms with Crippen molar-refractivity contribution < 1.29 is 56.2 Å². The topological polar surface area (TPSA) is 178 Å². The van der Waals surface area contributed by atoms with Crippen LogP contribution in [0.4, 0.5) is 0 Å². The SMILES string of the molecule is CC/C=C\C/C=C\C/C=C\C/C=C\C/C=C\CCOCC(COC1OC(CO)C(O)C(OS(=O)(=O)O)C1O)OC(=O)CCCCCCC/C=C\C/C=C\CCCCCC. The zero-order valence-electron chi connectivity index (χ0n) is 35.8. The van der Waals surface area contributed by atoms with E-state index in [2.05, 4.69) is 90.9 Å². The Kier molecular flexibility index (Phi) is 34.1. The van der Waals surface area contributed by atoms with Gasteiger partial charge in [-0.1, -0.05) is 137 Å². The van der Waals surface area contributed by atoms with Crippen LogP contribution in [0.1, 0.15) is 136 Å². The highest BCUT2D eigenvalue weighted by Crippen LogP contribution is 2.26. The Morgan fingerprint density at radius 2 is 1.17 bits per heavy atom. The molecule has 0 aromatic heterocycles. The van der Waals surface area contributed by atoms with Crippen molar-refractivity contribution in [2.24, 2.45) is 0 Å². The molecule has 1 rings (SSSR count). The number of allylic oxidation sites excluding steroid dienone is 13. The van der Waals surface area contributed by atoms with E-state index < -0.39 is 59.8 Å². The molecular formula is C46H76O12S. The maximum absolute atomic E-state index is 12.8. The van der Waals surface area contributed by atoms with E-state index in [1.807, 2.05) is 12.2 Å². The van der Waals surface area contributed by atoms with E-state index in [0.717, 1.165) is 77.0 Å². The maximum Gasteiger partial charge on any atom is 0.397 e. The van der Waals surface area contributed by atoms with Gasteiger partial charge < -0.3 is 34.3 Å². The third-order valence-corrected chi connectivity index (χ3v) is 9.74. The molecule has 0 radical (unpaired) electrons. The first-order valence-electron chi connectivity index (χ1n) is 21.8. The van der Waals surface area contributed by atoms with Crippen LogP contribution in [-0.4, -0.2) is 97.5 Å². The summed E-state index contributed by atoms with van der Waals surface area (Å²) in [6.07, 6.45) is 39.2. The number of hydrogen-bond acceptors (Lipinski definition) is 11.